The van der Waals surface area contributed by atoms with Gasteiger partial charge in [-0.15, -0.1) is 0 Å². The summed E-state index contributed by atoms with van der Waals surface area (Å²) in [6.45, 7) is 1.43. The predicted molar refractivity (Wildman–Crippen MR) is 76.2 cm³/mol. The summed E-state index contributed by atoms with van der Waals surface area (Å²) in [5, 5.41) is 12.8. The lowest BCUT2D eigenvalue weighted by atomic mass is 10.1. The Bertz CT molecular complexity index is 639. The van der Waals surface area contributed by atoms with Gasteiger partial charge in [-0.3, -0.25) is 20.5 Å². The Morgan fingerprint density at radius 1 is 1.35 bits per heavy atom. The van der Waals surface area contributed by atoms with Crippen molar-refractivity contribution in [1.29, 1.82) is 5.41 Å². The molecule has 0 aliphatic rings. The highest BCUT2D eigenvalue weighted by atomic mass is 16.1. The lowest BCUT2D eigenvalue weighted by Gasteiger charge is -2.08. The molecule has 0 unspecified atom stereocenters. The third-order valence-electron chi connectivity index (χ3n) is 2.70. The Balaban J connectivity index is 2.43. The molecule has 0 radical (unpaired) electrons. The zero-order chi connectivity index (χ0) is 14.5. The number of hydrogen-bond donors (Lipinski definition) is 3. The number of nitrogens with two attached hydrogens (primary N) is 1. The van der Waals surface area contributed by atoms with E-state index in [1.54, 1.807) is 30.6 Å². The molecule has 2 heterocycles. The minimum atomic E-state index is -0.171. The number of carbonyl (C=O) groups is 1. The molecular weight excluding hydrogens is 254 g/mol. The first-order valence-corrected chi connectivity index (χ1v) is 6.19. The van der Waals surface area contributed by atoms with Crippen LogP contribution in [0.5, 0.6) is 0 Å². The first-order chi connectivity index (χ1) is 9.61. The van der Waals surface area contributed by atoms with E-state index in [1.807, 2.05) is 18.4 Å². The van der Waals surface area contributed by atoms with Gasteiger partial charge in [-0.05, 0) is 18.2 Å². The molecule has 0 aliphatic carbocycles. The van der Waals surface area contributed by atoms with E-state index in [4.69, 9.17) is 5.41 Å². The van der Waals surface area contributed by atoms with Crippen molar-refractivity contribution in [3.63, 3.8) is 0 Å². The first-order valence-electron chi connectivity index (χ1n) is 6.19. The number of aromatic nitrogens is 2. The fourth-order valence-electron chi connectivity index (χ4n) is 1.83. The van der Waals surface area contributed by atoms with Crippen LogP contribution in [0.1, 0.15) is 18.2 Å². The van der Waals surface area contributed by atoms with Crippen LogP contribution >= 0.6 is 0 Å². The van der Waals surface area contributed by atoms with E-state index < -0.39 is 0 Å². The maximum atomic E-state index is 11.1. The minimum absolute atomic E-state index is 0.171. The van der Waals surface area contributed by atoms with E-state index in [0.717, 1.165) is 0 Å². The molecule has 102 valence electrons. The van der Waals surface area contributed by atoms with Crippen LogP contribution in [-0.2, 0) is 4.79 Å². The minimum Gasteiger partial charge on any atom is -0.325 e. The Hall–Kier alpha value is -2.60. The number of quaternary nitrogens is 1. The molecule has 0 fully saturated rings. The molecule has 0 saturated carbocycles. The van der Waals surface area contributed by atoms with Crippen LogP contribution in [-0.4, -0.2) is 28.6 Å². The summed E-state index contributed by atoms with van der Waals surface area (Å²) in [4.78, 5) is 19.5. The van der Waals surface area contributed by atoms with E-state index in [9.17, 15) is 4.79 Å². The molecule has 6 nitrogen and oxygen atoms in total. The summed E-state index contributed by atoms with van der Waals surface area (Å²) in [7, 11) is 1.86. The molecule has 0 atom stereocenters. The van der Waals surface area contributed by atoms with Gasteiger partial charge in [-0.1, -0.05) is 6.07 Å². The monoisotopic (exact) mass is 270 g/mol. The van der Waals surface area contributed by atoms with Gasteiger partial charge >= 0.3 is 0 Å². The summed E-state index contributed by atoms with van der Waals surface area (Å²) in [6, 6.07) is 7.14. The fourth-order valence-corrected chi connectivity index (χ4v) is 1.83. The summed E-state index contributed by atoms with van der Waals surface area (Å²) in [5.41, 5.74) is 2.05. The average molecular weight is 270 g/mol. The van der Waals surface area contributed by atoms with Crippen molar-refractivity contribution in [2.45, 2.75) is 6.92 Å². The summed E-state index contributed by atoms with van der Waals surface area (Å²) < 4.78 is 0. The van der Waals surface area contributed by atoms with Gasteiger partial charge in [0, 0.05) is 13.1 Å². The van der Waals surface area contributed by atoms with Gasteiger partial charge in [0.25, 0.3) is 0 Å². The quantitative estimate of drug-likeness (QED) is 0.713. The largest absolute Gasteiger partial charge is 0.325 e. The molecule has 2 aromatic heterocycles. The molecule has 6 heteroatoms. The van der Waals surface area contributed by atoms with Gasteiger partial charge in [0.15, 0.2) is 0 Å². The second kappa shape index (κ2) is 6.03. The van der Waals surface area contributed by atoms with Crippen LogP contribution in [0.3, 0.4) is 0 Å². The number of carbonyl (C=O) groups excluding carboxylic acids is 1. The molecule has 20 heavy (non-hydrogen) atoms. The normalized spacial score (nSPS) is 10.1. The van der Waals surface area contributed by atoms with E-state index in [-0.39, 0.29) is 11.6 Å². The van der Waals surface area contributed by atoms with Crippen molar-refractivity contribution in [2.75, 3.05) is 12.4 Å². The van der Waals surface area contributed by atoms with Crippen molar-refractivity contribution in [3.05, 3.63) is 47.9 Å². The molecule has 0 aromatic carbocycles. The van der Waals surface area contributed by atoms with Gasteiger partial charge in [-0.2, -0.15) is 0 Å². The molecule has 0 bridgehead atoms. The highest BCUT2D eigenvalue weighted by Crippen LogP contribution is 2.17. The third-order valence-corrected chi connectivity index (χ3v) is 2.70. The highest BCUT2D eigenvalue weighted by Gasteiger charge is 2.15. The van der Waals surface area contributed by atoms with Crippen LogP contribution in [0.4, 0.5) is 11.5 Å². The second-order valence-corrected chi connectivity index (χ2v) is 4.22. The van der Waals surface area contributed by atoms with Gasteiger partial charge in [0.1, 0.15) is 0 Å². The molecule has 2 aromatic rings. The van der Waals surface area contributed by atoms with Gasteiger partial charge in [-0.25, -0.2) is 4.98 Å². The zero-order valence-corrected chi connectivity index (χ0v) is 11.3. The Kier molecular flexibility index (Phi) is 4.17. The standard InChI is InChI=1S/C14H15N5O/c1-9(20)19-10-7-11(14(16-2)18-8-10)13(15)12-5-3-4-6-17-12/h3-8,15H,1-2H3,(H,16,18)(H,19,20)/p+1. The van der Waals surface area contributed by atoms with Gasteiger partial charge < -0.3 is 5.32 Å². The molecule has 2 rings (SSSR count). The van der Waals surface area contributed by atoms with E-state index in [2.05, 4.69) is 15.3 Å². The average Bonchev–Trinajstić information content (AvgIpc) is 2.46. The number of anilines is 1. The SMILES string of the molecule is C[NH2+]c1ncc(NC(C)=O)cc1C(=N)c1ccccn1. The number of pyridine rings is 2. The lowest BCUT2D eigenvalue weighted by molar-refractivity contribution is -0.543. The van der Waals surface area contributed by atoms with E-state index >= 15 is 0 Å². The number of hydrogen-bond acceptors (Lipinski definition) is 4. The van der Waals surface area contributed by atoms with Gasteiger partial charge in [0.05, 0.1) is 35.9 Å². The highest BCUT2D eigenvalue weighted by molar-refractivity contribution is 6.12. The molecule has 4 N–H and O–H groups in total. The number of rotatable bonds is 4. The summed E-state index contributed by atoms with van der Waals surface area (Å²) in [6.07, 6.45) is 3.22. The maximum absolute atomic E-state index is 11.1. The Labute approximate surface area is 116 Å². The Morgan fingerprint density at radius 2 is 2.15 bits per heavy atom. The lowest BCUT2D eigenvalue weighted by Crippen LogP contribution is -2.74. The van der Waals surface area contributed by atoms with E-state index in [0.29, 0.717) is 22.8 Å². The van der Waals surface area contributed by atoms with Crippen LogP contribution in [0.25, 0.3) is 0 Å². The van der Waals surface area contributed by atoms with Crippen molar-refractivity contribution in [2.24, 2.45) is 0 Å². The van der Waals surface area contributed by atoms with Crippen LogP contribution in [0.2, 0.25) is 0 Å². The fraction of sp³-hybridized carbons (Fsp3) is 0.143. The molecule has 1 amide bonds. The first kappa shape index (κ1) is 13.8. The molecule has 0 aliphatic heterocycles. The van der Waals surface area contributed by atoms with Crippen LogP contribution in [0.15, 0.2) is 36.7 Å². The van der Waals surface area contributed by atoms with Crippen molar-refractivity contribution in [1.82, 2.24) is 9.97 Å². The number of nitrogens with one attached hydrogen (secondary N) is 2. The molecule has 0 saturated heterocycles. The zero-order valence-electron chi connectivity index (χ0n) is 11.3. The van der Waals surface area contributed by atoms with Crippen molar-refractivity contribution >= 4 is 23.1 Å². The Morgan fingerprint density at radius 3 is 2.75 bits per heavy atom. The van der Waals surface area contributed by atoms with Crippen molar-refractivity contribution < 1.29 is 10.1 Å². The van der Waals surface area contributed by atoms with Crippen molar-refractivity contribution in [3.8, 4) is 0 Å². The number of amides is 1. The summed E-state index contributed by atoms with van der Waals surface area (Å²) in [5.74, 6) is 0.519. The van der Waals surface area contributed by atoms with Crippen LogP contribution < -0.4 is 10.6 Å². The van der Waals surface area contributed by atoms with E-state index in [1.165, 1.54) is 6.92 Å². The predicted octanol–water partition coefficient (Wildman–Crippen LogP) is 0.676. The number of nitrogens with zero attached hydrogens (tertiary/aromatic N) is 2. The second-order valence-electron chi connectivity index (χ2n) is 4.22. The molecule has 0 spiro atoms. The summed E-state index contributed by atoms with van der Waals surface area (Å²) >= 11 is 0. The van der Waals surface area contributed by atoms with Crippen LogP contribution in [0, 0.1) is 5.41 Å². The topological polar surface area (TPSA) is 95.3 Å². The maximum Gasteiger partial charge on any atom is 0.233 e. The molecular formula is C14H16N5O+. The smallest absolute Gasteiger partial charge is 0.233 e. The van der Waals surface area contributed by atoms with Gasteiger partial charge in [0.2, 0.25) is 11.7 Å². The third kappa shape index (κ3) is 3.04.